The van der Waals surface area contributed by atoms with Crippen LogP contribution in [-0.4, -0.2) is 36.4 Å². The van der Waals surface area contributed by atoms with Gasteiger partial charge in [0.25, 0.3) is 0 Å². The topological polar surface area (TPSA) is 60.5 Å². The third kappa shape index (κ3) is 5.36. The highest BCUT2D eigenvalue weighted by atomic mass is 19.4. The van der Waals surface area contributed by atoms with E-state index < -0.39 is 12.8 Å². The lowest BCUT2D eigenvalue weighted by molar-refractivity contribution is -0.153. The van der Waals surface area contributed by atoms with E-state index in [9.17, 15) is 18.0 Å². The van der Waals surface area contributed by atoms with Crippen LogP contribution in [0.25, 0.3) is 0 Å². The second-order valence-electron chi connectivity index (χ2n) is 5.67. The van der Waals surface area contributed by atoms with Crippen LogP contribution >= 0.6 is 0 Å². The van der Waals surface area contributed by atoms with Crippen LogP contribution in [0.15, 0.2) is 18.5 Å². The van der Waals surface area contributed by atoms with E-state index in [0.29, 0.717) is 12.2 Å². The van der Waals surface area contributed by atoms with Crippen LogP contribution in [0.2, 0.25) is 0 Å². The highest BCUT2D eigenvalue weighted by Crippen LogP contribution is 2.24. The number of ether oxygens (including phenoxy) is 2. The second-order valence-corrected chi connectivity index (χ2v) is 5.67. The van der Waals surface area contributed by atoms with Crippen molar-refractivity contribution >= 4 is 5.91 Å². The van der Waals surface area contributed by atoms with E-state index >= 15 is 0 Å². The van der Waals surface area contributed by atoms with Crippen molar-refractivity contribution < 1.29 is 27.4 Å². The van der Waals surface area contributed by atoms with Crippen molar-refractivity contribution in [2.75, 3.05) is 13.2 Å². The molecule has 134 valence electrons. The average molecular weight is 346 g/mol. The summed E-state index contributed by atoms with van der Waals surface area (Å²) in [5.41, 5.74) is 0.451. The van der Waals surface area contributed by atoms with Gasteiger partial charge in [-0.15, -0.1) is 0 Å². The highest BCUT2D eigenvalue weighted by molar-refractivity contribution is 5.79. The van der Waals surface area contributed by atoms with Gasteiger partial charge in [-0.25, -0.2) is 0 Å². The molecule has 2 unspecified atom stereocenters. The minimum atomic E-state index is -4.43. The summed E-state index contributed by atoms with van der Waals surface area (Å²) < 4.78 is 47.2. The number of hydrogen-bond donors (Lipinski definition) is 1. The number of pyridine rings is 1. The Bertz CT molecular complexity index is 552. The van der Waals surface area contributed by atoms with E-state index in [2.05, 4.69) is 10.3 Å². The van der Waals surface area contributed by atoms with Crippen LogP contribution in [0.4, 0.5) is 13.2 Å². The summed E-state index contributed by atoms with van der Waals surface area (Å²) in [6, 6.07) is 1.53. The van der Waals surface area contributed by atoms with Gasteiger partial charge >= 0.3 is 6.18 Å². The number of halogens is 3. The molecule has 1 fully saturated rings. The van der Waals surface area contributed by atoms with Crippen molar-refractivity contribution in [3.63, 3.8) is 0 Å². The highest BCUT2D eigenvalue weighted by Gasteiger charge is 2.31. The second kappa shape index (κ2) is 8.32. The fourth-order valence-electron chi connectivity index (χ4n) is 2.70. The zero-order valence-corrected chi connectivity index (χ0v) is 13.4. The molecule has 2 rings (SSSR count). The normalized spacial score (nSPS) is 21.3. The minimum Gasteiger partial charge on any atom is -0.482 e. The van der Waals surface area contributed by atoms with Crippen LogP contribution in [0.3, 0.4) is 0 Å². The molecule has 8 heteroatoms. The molecule has 0 aliphatic carbocycles. The summed E-state index contributed by atoms with van der Waals surface area (Å²) in [6.45, 7) is 1.31. The van der Waals surface area contributed by atoms with Gasteiger partial charge < -0.3 is 14.8 Å². The van der Waals surface area contributed by atoms with Crippen molar-refractivity contribution in [1.29, 1.82) is 0 Å². The first kappa shape index (κ1) is 18.5. The lowest BCUT2D eigenvalue weighted by atomic mass is 9.92. The fraction of sp³-hybridized carbons (Fsp3) is 0.625. The Hall–Kier alpha value is -1.83. The Kier molecular flexibility index (Phi) is 6.42. The number of amides is 1. The van der Waals surface area contributed by atoms with Gasteiger partial charge in [-0.2, -0.15) is 13.2 Å². The lowest BCUT2D eigenvalue weighted by Crippen LogP contribution is -2.41. The third-order valence-electron chi connectivity index (χ3n) is 3.89. The van der Waals surface area contributed by atoms with Gasteiger partial charge in [-0.3, -0.25) is 9.78 Å². The van der Waals surface area contributed by atoms with Gasteiger partial charge in [0.2, 0.25) is 5.91 Å². The van der Waals surface area contributed by atoms with Crippen molar-refractivity contribution in [3.8, 4) is 5.75 Å². The van der Waals surface area contributed by atoms with Crippen LogP contribution in [0.5, 0.6) is 5.75 Å². The van der Waals surface area contributed by atoms with Gasteiger partial charge in [-0.05, 0) is 25.3 Å². The molecular formula is C16H21F3N2O3. The molecule has 1 aromatic heterocycles. The van der Waals surface area contributed by atoms with Crippen molar-refractivity contribution in [2.45, 2.75) is 45.0 Å². The molecule has 2 atom stereocenters. The maximum Gasteiger partial charge on any atom is 0.422 e. The summed E-state index contributed by atoms with van der Waals surface area (Å²) in [4.78, 5) is 16.1. The summed E-state index contributed by atoms with van der Waals surface area (Å²) in [7, 11) is 0. The molecule has 1 aliphatic heterocycles. The standard InChI is InChI=1S/C16H21F3N2O3/c1-2-13-12(4-3-7-23-13)15(22)21-8-11-5-6-20-9-14(11)24-10-16(17,18)19/h5-6,9,12-13H,2-4,7-8,10H2,1H3,(H,21,22). The lowest BCUT2D eigenvalue weighted by Gasteiger charge is -2.30. The molecule has 0 bridgehead atoms. The molecule has 1 amide bonds. The van der Waals surface area contributed by atoms with E-state index in [1.807, 2.05) is 6.92 Å². The number of rotatable bonds is 6. The van der Waals surface area contributed by atoms with E-state index in [4.69, 9.17) is 9.47 Å². The first-order valence-electron chi connectivity index (χ1n) is 7.92. The summed E-state index contributed by atoms with van der Waals surface area (Å²) in [6.07, 6.45) is 0.433. The first-order valence-corrected chi connectivity index (χ1v) is 7.92. The number of carbonyl (C=O) groups excluding carboxylic acids is 1. The maximum atomic E-state index is 12.3. The molecule has 24 heavy (non-hydrogen) atoms. The molecule has 1 saturated heterocycles. The molecule has 5 nitrogen and oxygen atoms in total. The number of hydrogen-bond acceptors (Lipinski definition) is 4. The molecular weight excluding hydrogens is 325 g/mol. The predicted molar refractivity (Wildman–Crippen MR) is 80.4 cm³/mol. The van der Waals surface area contributed by atoms with Gasteiger partial charge in [0.05, 0.1) is 18.2 Å². The summed E-state index contributed by atoms with van der Waals surface area (Å²) >= 11 is 0. The van der Waals surface area contributed by atoms with Gasteiger partial charge in [0.15, 0.2) is 6.61 Å². The Balaban J connectivity index is 1.95. The minimum absolute atomic E-state index is 0.0158. The first-order chi connectivity index (χ1) is 11.4. The van der Waals surface area contributed by atoms with Crippen molar-refractivity contribution in [1.82, 2.24) is 10.3 Å². The zero-order valence-electron chi connectivity index (χ0n) is 13.4. The molecule has 0 radical (unpaired) electrons. The monoisotopic (exact) mass is 346 g/mol. The largest absolute Gasteiger partial charge is 0.482 e. The van der Waals surface area contributed by atoms with Gasteiger partial charge in [-0.1, -0.05) is 6.92 Å². The fourth-order valence-corrected chi connectivity index (χ4v) is 2.70. The van der Waals surface area contributed by atoms with Gasteiger partial charge in [0, 0.05) is 24.9 Å². The SMILES string of the molecule is CCC1OCCCC1C(=O)NCc1ccncc1OCC(F)(F)F. The quantitative estimate of drug-likeness (QED) is 0.860. The maximum absolute atomic E-state index is 12.3. The Labute approximate surface area is 138 Å². The average Bonchev–Trinajstić information content (AvgIpc) is 2.57. The number of alkyl halides is 3. The molecule has 0 spiro atoms. The van der Waals surface area contributed by atoms with Crippen molar-refractivity contribution in [2.24, 2.45) is 5.92 Å². The molecule has 0 aromatic carbocycles. The van der Waals surface area contributed by atoms with E-state index in [1.165, 1.54) is 18.5 Å². The van der Waals surface area contributed by atoms with Crippen molar-refractivity contribution in [3.05, 3.63) is 24.0 Å². The van der Waals surface area contributed by atoms with Crippen LogP contribution in [0.1, 0.15) is 31.7 Å². The van der Waals surface area contributed by atoms with E-state index in [-0.39, 0.29) is 30.2 Å². The Morgan fingerprint density at radius 2 is 2.29 bits per heavy atom. The molecule has 1 aliphatic rings. The molecule has 0 saturated carbocycles. The Morgan fingerprint density at radius 1 is 1.50 bits per heavy atom. The van der Waals surface area contributed by atoms with Crippen LogP contribution < -0.4 is 10.1 Å². The third-order valence-corrected chi connectivity index (χ3v) is 3.89. The molecule has 2 heterocycles. The predicted octanol–water partition coefficient (Wildman–Crippen LogP) is 2.84. The number of nitrogens with zero attached hydrogens (tertiary/aromatic N) is 1. The number of carbonyl (C=O) groups is 1. The summed E-state index contributed by atoms with van der Waals surface area (Å²) in [5.74, 6) is -0.368. The van der Waals surface area contributed by atoms with Crippen LogP contribution in [0, 0.1) is 5.92 Å². The number of nitrogens with one attached hydrogen (secondary N) is 1. The van der Waals surface area contributed by atoms with Crippen LogP contribution in [-0.2, 0) is 16.1 Å². The smallest absolute Gasteiger partial charge is 0.422 e. The summed E-state index contributed by atoms with van der Waals surface area (Å²) in [5, 5.41) is 2.76. The van der Waals surface area contributed by atoms with Gasteiger partial charge in [0.1, 0.15) is 5.75 Å². The Morgan fingerprint density at radius 3 is 3.00 bits per heavy atom. The number of aromatic nitrogens is 1. The zero-order chi connectivity index (χ0) is 17.6. The van der Waals surface area contributed by atoms with E-state index in [1.54, 1.807) is 0 Å². The molecule has 1 N–H and O–H groups in total. The molecule has 1 aromatic rings. The van der Waals surface area contributed by atoms with E-state index in [0.717, 1.165) is 19.3 Å².